The fourth-order valence-corrected chi connectivity index (χ4v) is 5.59. The summed E-state index contributed by atoms with van der Waals surface area (Å²) in [7, 11) is 0. The van der Waals surface area contributed by atoms with E-state index in [-0.39, 0.29) is 23.9 Å². The van der Waals surface area contributed by atoms with Gasteiger partial charge in [0.05, 0.1) is 6.04 Å². The molecule has 1 heterocycles. The van der Waals surface area contributed by atoms with E-state index < -0.39 is 5.91 Å². The molecule has 0 bridgehead atoms. The lowest BCUT2D eigenvalue weighted by molar-refractivity contribution is -0.161. The van der Waals surface area contributed by atoms with Crippen molar-refractivity contribution in [1.82, 2.24) is 15.1 Å². The molecule has 1 N–H and O–H groups in total. The van der Waals surface area contributed by atoms with Gasteiger partial charge in [-0.05, 0) is 49.1 Å². The average Bonchev–Trinajstić information content (AvgIpc) is 2.84. The Kier molecular flexibility index (Phi) is 10.2. The third-order valence-electron chi connectivity index (χ3n) is 7.55. The van der Waals surface area contributed by atoms with Gasteiger partial charge in [-0.15, -0.1) is 0 Å². The maximum atomic E-state index is 13.4. The molecule has 1 aromatic rings. The van der Waals surface area contributed by atoms with E-state index in [4.69, 9.17) is 0 Å². The van der Waals surface area contributed by atoms with Crippen LogP contribution in [0.3, 0.4) is 0 Å². The first-order valence-electron chi connectivity index (χ1n) is 13.7. The van der Waals surface area contributed by atoms with Crippen LogP contribution in [0.1, 0.15) is 89.4 Å². The summed E-state index contributed by atoms with van der Waals surface area (Å²) >= 11 is 0. The van der Waals surface area contributed by atoms with Gasteiger partial charge in [0, 0.05) is 31.2 Å². The van der Waals surface area contributed by atoms with E-state index in [1.807, 2.05) is 23.1 Å². The molecule has 3 rings (SSSR count). The van der Waals surface area contributed by atoms with Crippen LogP contribution < -0.4 is 5.32 Å². The van der Waals surface area contributed by atoms with Crippen molar-refractivity contribution < 1.29 is 14.4 Å². The first kappa shape index (κ1) is 27.2. The number of piperazine rings is 1. The molecular formula is C29H45N3O3. The lowest BCUT2D eigenvalue weighted by Gasteiger charge is -2.45. The molecule has 0 aromatic heterocycles. The minimum atomic E-state index is -0.400. The monoisotopic (exact) mass is 483 g/mol. The summed E-state index contributed by atoms with van der Waals surface area (Å²) in [4.78, 5) is 43.2. The number of benzene rings is 1. The molecule has 1 aromatic carbocycles. The number of hydrogen-bond acceptors (Lipinski definition) is 3. The standard InChI is InChI=1S/C29H45N3O3/c1-21(2)15-16-31-26(17-22(3)4)20-32(29(35)28(31)34)25(18-23-11-7-5-8-12-23)19-30-27(33)24-13-9-6-10-14-24/h6,9-10,13-14,21-23,25-26H,5,7-8,11-12,15-20H2,1-4H3,(H,30,33). The van der Waals surface area contributed by atoms with Crippen molar-refractivity contribution in [3.05, 3.63) is 35.9 Å². The summed E-state index contributed by atoms with van der Waals surface area (Å²) in [6.07, 6.45) is 8.65. The van der Waals surface area contributed by atoms with Crippen LogP contribution in [0.2, 0.25) is 0 Å². The number of amides is 3. The van der Waals surface area contributed by atoms with Crippen molar-refractivity contribution in [3.63, 3.8) is 0 Å². The van der Waals surface area contributed by atoms with E-state index in [1.54, 1.807) is 17.0 Å². The summed E-state index contributed by atoms with van der Waals surface area (Å²) in [6.45, 7) is 10.2. The number of nitrogens with zero attached hydrogens (tertiary/aromatic N) is 2. The zero-order chi connectivity index (χ0) is 25.4. The fourth-order valence-electron chi connectivity index (χ4n) is 5.59. The molecular weight excluding hydrogens is 438 g/mol. The van der Waals surface area contributed by atoms with Crippen molar-refractivity contribution in [3.8, 4) is 0 Å². The number of carbonyl (C=O) groups is 3. The van der Waals surface area contributed by atoms with E-state index in [0.29, 0.717) is 43.0 Å². The molecule has 6 heteroatoms. The van der Waals surface area contributed by atoms with Crippen molar-refractivity contribution in [1.29, 1.82) is 0 Å². The van der Waals surface area contributed by atoms with Gasteiger partial charge in [-0.3, -0.25) is 14.4 Å². The Hall–Kier alpha value is -2.37. The topological polar surface area (TPSA) is 69.7 Å². The second-order valence-electron chi connectivity index (χ2n) is 11.4. The maximum absolute atomic E-state index is 13.4. The predicted molar refractivity (Wildman–Crippen MR) is 140 cm³/mol. The van der Waals surface area contributed by atoms with Gasteiger partial charge in [0.25, 0.3) is 5.91 Å². The van der Waals surface area contributed by atoms with Crippen LogP contribution in [0.15, 0.2) is 30.3 Å². The van der Waals surface area contributed by atoms with E-state index in [0.717, 1.165) is 32.1 Å². The molecule has 194 valence electrons. The Morgan fingerprint density at radius 3 is 2.26 bits per heavy atom. The second-order valence-corrected chi connectivity index (χ2v) is 11.4. The Morgan fingerprint density at radius 2 is 1.63 bits per heavy atom. The van der Waals surface area contributed by atoms with Gasteiger partial charge in [-0.2, -0.15) is 0 Å². The van der Waals surface area contributed by atoms with Gasteiger partial charge >= 0.3 is 11.8 Å². The molecule has 0 radical (unpaired) electrons. The maximum Gasteiger partial charge on any atom is 0.312 e. The molecule has 2 aliphatic rings. The number of hydrogen-bond donors (Lipinski definition) is 1. The van der Waals surface area contributed by atoms with Gasteiger partial charge < -0.3 is 15.1 Å². The van der Waals surface area contributed by atoms with Gasteiger partial charge in [0.15, 0.2) is 0 Å². The molecule has 1 saturated heterocycles. The summed E-state index contributed by atoms with van der Waals surface area (Å²) in [6, 6.07) is 9.05. The van der Waals surface area contributed by atoms with Crippen molar-refractivity contribution in [2.45, 2.75) is 91.1 Å². The first-order chi connectivity index (χ1) is 16.8. The Morgan fingerprint density at radius 1 is 0.943 bits per heavy atom. The first-order valence-corrected chi connectivity index (χ1v) is 13.7. The van der Waals surface area contributed by atoms with E-state index >= 15 is 0 Å². The molecule has 6 nitrogen and oxygen atoms in total. The van der Waals surface area contributed by atoms with Gasteiger partial charge in [0.2, 0.25) is 0 Å². The third-order valence-corrected chi connectivity index (χ3v) is 7.55. The molecule has 1 aliphatic heterocycles. The summed E-state index contributed by atoms with van der Waals surface area (Å²) in [5.74, 6) is 0.538. The normalized spacial score (nSPS) is 20.6. The van der Waals surface area contributed by atoms with E-state index in [9.17, 15) is 14.4 Å². The van der Waals surface area contributed by atoms with Crippen LogP contribution in [-0.4, -0.2) is 59.2 Å². The quantitative estimate of drug-likeness (QED) is 0.456. The summed E-state index contributed by atoms with van der Waals surface area (Å²) in [5.41, 5.74) is 0.613. The average molecular weight is 484 g/mol. The van der Waals surface area contributed by atoms with Crippen molar-refractivity contribution in [2.24, 2.45) is 17.8 Å². The SMILES string of the molecule is CC(C)CCN1C(=O)C(=O)N(C(CNC(=O)c2ccccc2)CC2CCCCC2)CC1CC(C)C. The van der Waals surface area contributed by atoms with Crippen LogP contribution >= 0.6 is 0 Å². The van der Waals surface area contributed by atoms with Gasteiger partial charge in [-0.25, -0.2) is 0 Å². The van der Waals surface area contributed by atoms with Gasteiger partial charge in [-0.1, -0.05) is 78.0 Å². The molecule has 2 fully saturated rings. The van der Waals surface area contributed by atoms with Crippen molar-refractivity contribution in [2.75, 3.05) is 19.6 Å². The smallest absolute Gasteiger partial charge is 0.312 e. The Bertz CT molecular complexity index is 833. The number of rotatable bonds is 11. The van der Waals surface area contributed by atoms with Crippen LogP contribution in [0.25, 0.3) is 0 Å². The molecule has 0 spiro atoms. The molecule has 3 amide bonds. The predicted octanol–water partition coefficient (Wildman–Crippen LogP) is 4.89. The number of nitrogens with one attached hydrogen (secondary N) is 1. The number of carbonyl (C=O) groups excluding carboxylic acids is 3. The minimum Gasteiger partial charge on any atom is -0.350 e. The Labute approximate surface area is 211 Å². The lowest BCUT2D eigenvalue weighted by Crippen LogP contribution is -2.63. The van der Waals surface area contributed by atoms with Crippen LogP contribution in [0, 0.1) is 17.8 Å². The molecule has 1 saturated carbocycles. The van der Waals surface area contributed by atoms with E-state index in [1.165, 1.54) is 19.3 Å². The lowest BCUT2D eigenvalue weighted by atomic mass is 9.84. The highest BCUT2D eigenvalue weighted by Gasteiger charge is 2.42. The van der Waals surface area contributed by atoms with Crippen LogP contribution in [0.5, 0.6) is 0 Å². The zero-order valence-corrected chi connectivity index (χ0v) is 22.2. The van der Waals surface area contributed by atoms with Crippen molar-refractivity contribution >= 4 is 17.7 Å². The van der Waals surface area contributed by atoms with Gasteiger partial charge in [0.1, 0.15) is 0 Å². The molecule has 1 aliphatic carbocycles. The summed E-state index contributed by atoms with van der Waals surface area (Å²) < 4.78 is 0. The largest absolute Gasteiger partial charge is 0.350 e. The highest BCUT2D eigenvalue weighted by Crippen LogP contribution is 2.30. The molecule has 2 unspecified atom stereocenters. The highest BCUT2D eigenvalue weighted by molar-refractivity contribution is 6.35. The molecule has 35 heavy (non-hydrogen) atoms. The third kappa shape index (κ3) is 7.81. The highest BCUT2D eigenvalue weighted by atomic mass is 16.2. The summed E-state index contributed by atoms with van der Waals surface area (Å²) in [5, 5.41) is 3.07. The van der Waals surface area contributed by atoms with Crippen LogP contribution in [0.4, 0.5) is 0 Å². The fraction of sp³-hybridized carbons (Fsp3) is 0.690. The molecule has 2 atom stereocenters. The minimum absolute atomic E-state index is 0.0256. The zero-order valence-electron chi connectivity index (χ0n) is 22.2. The van der Waals surface area contributed by atoms with Crippen LogP contribution in [-0.2, 0) is 9.59 Å². The Balaban J connectivity index is 1.78. The van der Waals surface area contributed by atoms with E-state index in [2.05, 4.69) is 33.0 Å². The second kappa shape index (κ2) is 13.1.